The third-order valence-electron chi connectivity index (χ3n) is 1.65. The fraction of sp³-hybridized carbons (Fsp3) is 0. The van der Waals surface area contributed by atoms with Gasteiger partial charge in [-0.25, -0.2) is 9.07 Å². The van der Waals surface area contributed by atoms with Crippen molar-refractivity contribution in [3.8, 4) is 5.69 Å². The van der Waals surface area contributed by atoms with E-state index in [1.165, 1.54) is 23.5 Å². The monoisotopic (exact) mass is 244 g/mol. The predicted molar refractivity (Wildman–Crippen MR) is 59.6 cm³/mol. The second-order valence-electron chi connectivity index (χ2n) is 2.58. The number of rotatable bonds is 1. The first-order chi connectivity index (χ1) is 6.66. The number of aromatic nitrogens is 2. The van der Waals surface area contributed by atoms with E-state index in [1.54, 1.807) is 16.8 Å². The molecule has 0 spiro atoms. The maximum atomic E-state index is 12.6. The molecule has 2 nitrogen and oxygen atoms in total. The summed E-state index contributed by atoms with van der Waals surface area (Å²) < 4.78 is 15.5. The topological polar surface area (TPSA) is 20.7 Å². The number of halogens is 1. The number of H-pyrrole nitrogens is 1. The molecule has 6 heteroatoms. The Hall–Kier alpha value is -0.850. The third kappa shape index (κ3) is 1.82. The lowest BCUT2D eigenvalue weighted by Gasteiger charge is -2.00. The van der Waals surface area contributed by atoms with Gasteiger partial charge < -0.3 is 0 Å². The first-order valence-electron chi connectivity index (χ1n) is 3.75. The molecule has 2 rings (SSSR count). The number of aromatic amines is 1. The summed E-state index contributed by atoms with van der Waals surface area (Å²) in [5.41, 5.74) is 0.781. The molecular formula is C8H5FN2S3. The van der Waals surface area contributed by atoms with Crippen molar-refractivity contribution in [1.82, 2.24) is 9.78 Å². The van der Waals surface area contributed by atoms with Crippen LogP contribution in [0.3, 0.4) is 0 Å². The number of hydrogen-bond donors (Lipinski definition) is 1. The third-order valence-corrected chi connectivity index (χ3v) is 3.06. The summed E-state index contributed by atoms with van der Waals surface area (Å²) in [5, 5.41) is 2.90. The highest BCUT2D eigenvalue weighted by molar-refractivity contribution is 7.75. The molecule has 0 radical (unpaired) electrons. The first kappa shape index (κ1) is 9.70. The molecule has 0 fully saturated rings. The van der Waals surface area contributed by atoms with E-state index >= 15 is 0 Å². The summed E-state index contributed by atoms with van der Waals surface area (Å²) in [6, 6.07) is 6.05. The minimum absolute atomic E-state index is 0.269. The smallest absolute Gasteiger partial charge is 0.183 e. The van der Waals surface area contributed by atoms with E-state index in [2.05, 4.69) is 5.10 Å². The van der Waals surface area contributed by atoms with Crippen molar-refractivity contribution in [2.24, 2.45) is 0 Å². The van der Waals surface area contributed by atoms with Crippen molar-refractivity contribution in [3.05, 3.63) is 38.0 Å². The van der Waals surface area contributed by atoms with Crippen LogP contribution in [0, 0.1) is 13.7 Å². The number of nitrogens with one attached hydrogen (secondary N) is 1. The molecule has 0 saturated carbocycles. The molecule has 0 aliphatic carbocycles. The largest absolute Gasteiger partial charge is 0.273 e. The fourth-order valence-corrected chi connectivity index (χ4v) is 2.47. The zero-order valence-corrected chi connectivity index (χ0v) is 9.31. The van der Waals surface area contributed by atoms with Crippen LogP contribution in [0.15, 0.2) is 24.3 Å². The Morgan fingerprint density at radius 2 is 1.86 bits per heavy atom. The van der Waals surface area contributed by atoms with Crippen molar-refractivity contribution in [1.29, 1.82) is 0 Å². The van der Waals surface area contributed by atoms with Gasteiger partial charge >= 0.3 is 0 Å². The minimum atomic E-state index is -0.269. The predicted octanol–water partition coefficient (Wildman–Crippen LogP) is 3.46. The van der Waals surface area contributed by atoms with Crippen LogP contribution in [-0.2, 0) is 0 Å². The molecule has 72 valence electrons. The Morgan fingerprint density at radius 1 is 1.21 bits per heavy atom. The first-order valence-corrected chi connectivity index (χ1v) is 5.38. The number of nitrogens with zero attached hydrogens (tertiary/aromatic N) is 1. The van der Waals surface area contributed by atoms with Gasteiger partial charge in [-0.1, -0.05) is 11.3 Å². The Morgan fingerprint density at radius 3 is 2.36 bits per heavy atom. The van der Waals surface area contributed by atoms with Crippen LogP contribution in [-0.4, -0.2) is 9.78 Å². The SMILES string of the molecule is Fc1ccc(-n2[nH]c(=S)sc2=S)cc1. The van der Waals surface area contributed by atoms with Crippen LogP contribution in [0.5, 0.6) is 0 Å². The Kier molecular flexibility index (Phi) is 2.58. The van der Waals surface area contributed by atoms with Gasteiger partial charge in [0.2, 0.25) is 0 Å². The molecule has 1 aromatic carbocycles. The Labute approximate surface area is 93.6 Å². The lowest BCUT2D eigenvalue weighted by molar-refractivity contribution is 0.627. The van der Waals surface area contributed by atoms with Gasteiger partial charge in [0.15, 0.2) is 7.91 Å². The molecule has 0 atom stereocenters. The molecule has 0 bridgehead atoms. The standard InChI is InChI=1S/C8H5FN2S3/c9-5-1-3-6(4-2-5)11-8(13)14-7(12)10-11/h1-4H,(H,10,12). The van der Waals surface area contributed by atoms with Gasteiger partial charge in [-0.3, -0.25) is 5.10 Å². The lowest BCUT2D eigenvalue weighted by atomic mass is 10.3. The van der Waals surface area contributed by atoms with E-state index in [1.807, 2.05) is 0 Å². The van der Waals surface area contributed by atoms with Gasteiger partial charge in [0.05, 0.1) is 5.69 Å². The average Bonchev–Trinajstić information content (AvgIpc) is 2.47. The number of hydrogen-bond acceptors (Lipinski definition) is 3. The highest BCUT2D eigenvalue weighted by Crippen LogP contribution is 2.12. The van der Waals surface area contributed by atoms with Gasteiger partial charge in [0.1, 0.15) is 5.82 Å². The second kappa shape index (κ2) is 3.72. The van der Waals surface area contributed by atoms with E-state index in [-0.39, 0.29) is 5.82 Å². The van der Waals surface area contributed by atoms with E-state index in [4.69, 9.17) is 24.4 Å². The molecule has 0 amide bonds. The summed E-state index contributed by atoms with van der Waals surface area (Å²) in [4.78, 5) is 0. The van der Waals surface area contributed by atoms with E-state index in [0.717, 1.165) is 5.69 Å². The maximum Gasteiger partial charge on any atom is 0.183 e. The molecule has 1 heterocycles. The Balaban J connectivity index is 2.60. The van der Waals surface area contributed by atoms with Crippen LogP contribution in [0.2, 0.25) is 0 Å². The maximum absolute atomic E-state index is 12.6. The molecule has 2 aromatic rings. The molecule has 14 heavy (non-hydrogen) atoms. The Bertz CT molecular complexity index is 549. The summed E-state index contributed by atoms with van der Waals surface area (Å²) in [6.45, 7) is 0. The van der Waals surface area contributed by atoms with Crippen molar-refractivity contribution in [2.75, 3.05) is 0 Å². The fourth-order valence-electron chi connectivity index (χ4n) is 1.04. The summed E-state index contributed by atoms with van der Waals surface area (Å²) in [6.07, 6.45) is 0. The quantitative estimate of drug-likeness (QED) is 0.775. The zero-order valence-electron chi connectivity index (χ0n) is 6.86. The van der Waals surface area contributed by atoms with E-state index in [9.17, 15) is 4.39 Å². The van der Waals surface area contributed by atoms with Gasteiger partial charge in [-0.05, 0) is 48.7 Å². The van der Waals surface area contributed by atoms with Crippen LogP contribution in [0.25, 0.3) is 5.69 Å². The molecule has 0 saturated heterocycles. The molecule has 0 aliphatic rings. The van der Waals surface area contributed by atoms with Crippen molar-refractivity contribution >= 4 is 35.8 Å². The molecule has 1 N–H and O–H groups in total. The van der Waals surface area contributed by atoms with Gasteiger partial charge in [-0.15, -0.1) is 0 Å². The second-order valence-corrected chi connectivity index (χ2v) is 4.89. The van der Waals surface area contributed by atoms with Crippen LogP contribution in [0.1, 0.15) is 0 Å². The summed E-state index contributed by atoms with van der Waals surface area (Å²) in [7, 11) is 0. The van der Waals surface area contributed by atoms with Gasteiger partial charge in [-0.2, -0.15) is 0 Å². The van der Waals surface area contributed by atoms with Gasteiger partial charge in [0, 0.05) is 0 Å². The van der Waals surface area contributed by atoms with Crippen molar-refractivity contribution in [2.45, 2.75) is 0 Å². The average molecular weight is 244 g/mol. The molecule has 0 aliphatic heterocycles. The van der Waals surface area contributed by atoms with Crippen molar-refractivity contribution in [3.63, 3.8) is 0 Å². The summed E-state index contributed by atoms with van der Waals surface area (Å²) in [5.74, 6) is -0.269. The van der Waals surface area contributed by atoms with Crippen LogP contribution in [0.4, 0.5) is 4.39 Å². The zero-order chi connectivity index (χ0) is 10.1. The highest BCUT2D eigenvalue weighted by Gasteiger charge is 1.99. The van der Waals surface area contributed by atoms with Crippen molar-refractivity contribution < 1.29 is 4.39 Å². The van der Waals surface area contributed by atoms with E-state index < -0.39 is 0 Å². The normalized spacial score (nSPS) is 10.4. The molecular weight excluding hydrogens is 239 g/mol. The molecule has 1 aromatic heterocycles. The molecule has 0 unspecified atom stereocenters. The lowest BCUT2D eigenvalue weighted by Crippen LogP contribution is -1.95. The van der Waals surface area contributed by atoms with Crippen LogP contribution >= 0.6 is 35.8 Å². The summed E-state index contributed by atoms with van der Waals surface area (Å²) >= 11 is 11.3. The number of benzene rings is 1. The van der Waals surface area contributed by atoms with Crippen LogP contribution < -0.4 is 0 Å². The minimum Gasteiger partial charge on any atom is -0.273 e. The van der Waals surface area contributed by atoms with Gasteiger partial charge in [0.25, 0.3) is 0 Å². The highest BCUT2D eigenvalue weighted by atomic mass is 32.2. The van der Waals surface area contributed by atoms with E-state index in [0.29, 0.717) is 7.91 Å².